The van der Waals surface area contributed by atoms with Gasteiger partial charge < -0.3 is 13.9 Å². The second kappa shape index (κ2) is 9.23. The maximum atomic E-state index is 11.7. The number of ether oxygens (including phenoxy) is 2. The molecule has 0 saturated heterocycles. The molecule has 0 aliphatic rings. The highest BCUT2D eigenvalue weighted by molar-refractivity contribution is 6.48. The fourth-order valence-electron chi connectivity index (χ4n) is 2.50. The van der Waals surface area contributed by atoms with E-state index in [0.29, 0.717) is 6.61 Å². The van der Waals surface area contributed by atoms with Crippen molar-refractivity contribution in [3.05, 3.63) is 29.3 Å². The Labute approximate surface area is 148 Å². The van der Waals surface area contributed by atoms with E-state index in [1.807, 2.05) is 6.07 Å². The minimum Gasteiger partial charge on any atom is -0.482 e. The Morgan fingerprint density at radius 1 is 1.21 bits per heavy atom. The maximum Gasteiger partial charge on any atom is 0.344 e. The summed E-state index contributed by atoms with van der Waals surface area (Å²) in [5.74, 6) is 0.369. The number of carbonyl (C=O) groups is 1. The molecule has 1 unspecified atom stereocenters. The summed E-state index contributed by atoms with van der Waals surface area (Å²) >= 11 is 0. The molecule has 0 heterocycles. The van der Waals surface area contributed by atoms with Crippen LogP contribution in [-0.2, 0) is 20.4 Å². The number of rotatable bonds is 8. The van der Waals surface area contributed by atoms with E-state index in [-0.39, 0.29) is 24.1 Å². The largest absolute Gasteiger partial charge is 0.482 e. The van der Waals surface area contributed by atoms with E-state index in [2.05, 4.69) is 52.9 Å². The third-order valence-corrected chi connectivity index (χ3v) is 4.43. The van der Waals surface area contributed by atoms with Gasteiger partial charge in [0.25, 0.3) is 0 Å². The van der Waals surface area contributed by atoms with Crippen molar-refractivity contribution >= 4 is 15.0 Å². The highest BCUT2D eigenvalue weighted by Gasteiger charge is 2.30. The third kappa shape index (κ3) is 6.28. The number of carbonyl (C=O) groups excluding carboxylic acids is 1. The molecule has 0 aromatic heterocycles. The van der Waals surface area contributed by atoms with E-state index in [4.69, 9.17) is 13.9 Å². The summed E-state index contributed by atoms with van der Waals surface area (Å²) in [7, 11) is -1.24. The molecule has 0 amide bonds. The van der Waals surface area contributed by atoms with Gasteiger partial charge in [0.2, 0.25) is 0 Å². The Kier molecular flexibility index (Phi) is 7.96. The molecule has 136 valence electrons. The van der Waals surface area contributed by atoms with Crippen molar-refractivity contribution in [1.82, 2.24) is 0 Å². The molecule has 1 rings (SSSR count). The molecule has 0 radical (unpaired) electrons. The molecule has 0 bridgehead atoms. The summed E-state index contributed by atoms with van der Waals surface area (Å²) in [6.07, 6.45) is 0.850. The van der Waals surface area contributed by atoms with Crippen molar-refractivity contribution in [2.24, 2.45) is 5.41 Å². The van der Waals surface area contributed by atoms with E-state index in [1.54, 1.807) is 6.92 Å². The lowest BCUT2D eigenvalue weighted by molar-refractivity contribution is -0.145. The number of benzene rings is 1. The average molecular weight is 353 g/mol. The van der Waals surface area contributed by atoms with E-state index in [1.165, 1.54) is 5.56 Å². The fraction of sp³-hybridized carbons (Fsp3) is 0.632. The van der Waals surface area contributed by atoms with Crippen molar-refractivity contribution in [1.29, 1.82) is 0 Å². The van der Waals surface area contributed by atoms with Crippen LogP contribution in [0.25, 0.3) is 0 Å². The van der Waals surface area contributed by atoms with Crippen LogP contribution >= 0.6 is 0 Å². The van der Waals surface area contributed by atoms with E-state index in [9.17, 15) is 4.79 Å². The number of hydrogen-bond donors (Lipinski definition) is 0. The molecule has 0 N–H and O–H groups in total. The first-order valence-electron chi connectivity index (χ1n) is 8.75. The lowest BCUT2D eigenvalue weighted by atomic mass is 9.84. The predicted molar refractivity (Wildman–Crippen MR) is 100 cm³/mol. The van der Waals surface area contributed by atoms with Crippen LogP contribution in [0.4, 0.5) is 0 Å². The highest BCUT2D eigenvalue weighted by atomic mass is 28.3. The Hall–Kier alpha value is -1.33. The second-order valence-electron chi connectivity index (χ2n) is 7.25. The van der Waals surface area contributed by atoms with Crippen molar-refractivity contribution in [3.63, 3.8) is 0 Å². The molecule has 1 aromatic carbocycles. The fourth-order valence-corrected chi connectivity index (χ4v) is 3.59. The van der Waals surface area contributed by atoms with Crippen molar-refractivity contribution in [2.45, 2.75) is 60.2 Å². The second-order valence-corrected chi connectivity index (χ2v) is 9.62. The summed E-state index contributed by atoms with van der Waals surface area (Å²) < 4.78 is 17.1. The summed E-state index contributed by atoms with van der Waals surface area (Å²) in [5.41, 5.74) is 2.12. The van der Waals surface area contributed by atoms with E-state index >= 15 is 0 Å². The molecule has 1 aromatic rings. The van der Waals surface area contributed by atoms with Gasteiger partial charge >= 0.3 is 5.97 Å². The zero-order valence-corrected chi connectivity index (χ0v) is 17.3. The minimum atomic E-state index is -1.24. The molecule has 4 nitrogen and oxygen atoms in total. The Morgan fingerprint density at radius 3 is 2.38 bits per heavy atom. The van der Waals surface area contributed by atoms with E-state index in [0.717, 1.165) is 17.7 Å². The smallest absolute Gasteiger partial charge is 0.344 e. The first-order valence-corrected chi connectivity index (χ1v) is 11.5. The molecular formula is C19H32O4Si. The van der Waals surface area contributed by atoms with Gasteiger partial charge in [-0.05, 0) is 43.5 Å². The topological polar surface area (TPSA) is 44.8 Å². The minimum absolute atomic E-state index is 0.0625. The van der Waals surface area contributed by atoms with Crippen LogP contribution in [-0.4, -0.2) is 28.2 Å². The SMILES string of the molecule is CCOC(=O)COc1cc(CC)ccc1C(O[SiH](C)C)C(C)(C)C. The van der Waals surface area contributed by atoms with Gasteiger partial charge in [0.1, 0.15) is 5.75 Å². The van der Waals surface area contributed by atoms with Gasteiger partial charge in [-0.1, -0.05) is 39.8 Å². The van der Waals surface area contributed by atoms with Gasteiger partial charge in [-0.3, -0.25) is 0 Å². The third-order valence-electron chi connectivity index (χ3n) is 3.61. The summed E-state index contributed by atoms with van der Waals surface area (Å²) in [4.78, 5) is 11.7. The summed E-state index contributed by atoms with van der Waals surface area (Å²) in [5, 5.41) is 0. The quantitative estimate of drug-likeness (QED) is 0.517. The Balaban J connectivity index is 3.16. The van der Waals surface area contributed by atoms with Crippen LogP contribution in [0.15, 0.2) is 18.2 Å². The highest BCUT2D eigenvalue weighted by Crippen LogP contribution is 2.41. The summed E-state index contributed by atoms with van der Waals surface area (Å²) in [6.45, 7) is 15.0. The molecule has 0 aliphatic heterocycles. The Morgan fingerprint density at radius 2 is 1.88 bits per heavy atom. The van der Waals surface area contributed by atoms with Crippen LogP contribution < -0.4 is 4.74 Å². The van der Waals surface area contributed by atoms with Crippen LogP contribution in [0.2, 0.25) is 13.1 Å². The molecule has 0 spiro atoms. The number of esters is 1. The zero-order chi connectivity index (χ0) is 18.3. The first kappa shape index (κ1) is 20.7. The number of hydrogen-bond acceptors (Lipinski definition) is 4. The molecule has 5 heteroatoms. The molecule has 0 fully saturated rings. The van der Waals surface area contributed by atoms with Crippen molar-refractivity contribution in [3.8, 4) is 5.75 Å². The first-order chi connectivity index (χ1) is 11.2. The van der Waals surface area contributed by atoms with Crippen LogP contribution in [0, 0.1) is 5.41 Å². The summed E-state index contributed by atoms with van der Waals surface area (Å²) in [6, 6.07) is 6.20. The number of aryl methyl sites for hydroxylation is 1. The lowest BCUT2D eigenvalue weighted by Gasteiger charge is -2.34. The van der Waals surface area contributed by atoms with E-state index < -0.39 is 9.04 Å². The monoisotopic (exact) mass is 352 g/mol. The van der Waals surface area contributed by atoms with Gasteiger partial charge in [-0.2, -0.15) is 0 Å². The van der Waals surface area contributed by atoms with Gasteiger partial charge in [0.15, 0.2) is 15.6 Å². The van der Waals surface area contributed by atoms with Gasteiger partial charge in [-0.15, -0.1) is 0 Å². The predicted octanol–water partition coefficient (Wildman–Crippen LogP) is 4.28. The van der Waals surface area contributed by atoms with Crippen molar-refractivity contribution < 1.29 is 18.7 Å². The molecule has 0 aliphatic carbocycles. The normalized spacial score (nSPS) is 13.0. The van der Waals surface area contributed by atoms with Gasteiger partial charge in [-0.25, -0.2) is 4.79 Å². The standard InChI is InChI=1S/C19H32O4Si/c1-8-14-10-11-15(18(19(3,4)5)23-24(6)7)16(12-14)22-13-17(20)21-9-2/h10-12,18,24H,8-9,13H2,1-7H3. The van der Waals surface area contributed by atoms with Crippen LogP contribution in [0.3, 0.4) is 0 Å². The zero-order valence-electron chi connectivity index (χ0n) is 16.1. The maximum absolute atomic E-state index is 11.7. The lowest BCUT2D eigenvalue weighted by Crippen LogP contribution is -2.27. The molecule has 0 saturated carbocycles. The van der Waals surface area contributed by atoms with Gasteiger partial charge in [0.05, 0.1) is 12.7 Å². The molecule has 24 heavy (non-hydrogen) atoms. The average Bonchev–Trinajstić information content (AvgIpc) is 2.49. The van der Waals surface area contributed by atoms with Crippen molar-refractivity contribution in [2.75, 3.05) is 13.2 Å². The Bertz CT molecular complexity index is 535. The van der Waals surface area contributed by atoms with Crippen LogP contribution in [0.5, 0.6) is 5.75 Å². The van der Waals surface area contributed by atoms with Gasteiger partial charge in [0, 0.05) is 5.56 Å². The van der Waals surface area contributed by atoms with Crippen LogP contribution in [0.1, 0.15) is 51.8 Å². The molecule has 1 atom stereocenters. The molecular weight excluding hydrogens is 320 g/mol.